The van der Waals surface area contributed by atoms with Gasteiger partial charge in [-0.2, -0.15) is 0 Å². The fraction of sp³-hybridized carbons (Fsp3) is 0.200. The van der Waals surface area contributed by atoms with Gasteiger partial charge in [-0.3, -0.25) is 14.9 Å². The second kappa shape index (κ2) is 6.43. The number of carbonyl (C=O) groups excluding carboxylic acids is 2. The summed E-state index contributed by atoms with van der Waals surface area (Å²) in [6.45, 7) is 0.605. The second-order valence-electron chi connectivity index (χ2n) is 6.32. The van der Waals surface area contributed by atoms with Crippen LogP contribution in [0.4, 0.5) is 5.69 Å². The molecule has 126 valence electrons. The molecule has 25 heavy (non-hydrogen) atoms. The van der Waals surface area contributed by atoms with Crippen molar-refractivity contribution in [1.82, 2.24) is 5.32 Å². The molecule has 2 N–H and O–H groups in total. The summed E-state index contributed by atoms with van der Waals surface area (Å²) in [6, 6.07) is 17.9. The lowest BCUT2D eigenvalue weighted by Gasteiger charge is -2.08. The smallest absolute Gasteiger partial charge is 0.230 e. The molecule has 0 saturated carbocycles. The summed E-state index contributed by atoms with van der Waals surface area (Å²) in [5, 5.41) is 6.78. The number of benzene rings is 2. The zero-order chi connectivity index (χ0) is 17.2. The Morgan fingerprint density at radius 2 is 1.88 bits per heavy atom. The molecule has 2 amide bonds. The fourth-order valence-electron chi connectivity index (χ4n) is 3.13. The molecule has 1 atom stereocenters. The summed E-state index contributed by atoms with van der Waals surface area (Å²) >= 11 is 0. The maximum Gasteiger partial charge on any atom is 0.230 e. The average molecular weight is 334 g/mol. The fourth-order valence-corrected chi connectivity index (χ4v) is 3.13. The zero-order valence-corrected chi connectivity index (χ0v) is 13.6. The number of hydrogen-bond donors (Lipinski definition) is 2. The Morgan fingerprint density at radius 1 is 1.08 bits per heavy atom. The molecule has 1 fully saturated rings. The van der Waals surface area contributed by atoms with Crippen LogP contribution in [0, 0.1) is 5.92 Å². The van der Waals surface area contributed by atoms with E-state index in [4.69, 9.17) is 4.42 Å². The van der Waals surface area contributed by atoms with Crippen molar-refractivity contribution < 1.29 is 14.0 Å². The molecule has 5 nitrogen and oxygen atoms in total. The van der Waals surface area contributed by atoms with Gasteiger partial charge in [-0.15, -0.1) is 0 Å². The number of rotatable bonds is 5. The van der Waals surface area contributed by atoms with Crippen molar-refractivity contribution in [2.45, 2.75) is 19.4 Å². The number of amides is 2. The van der Waals surface area contributed by atoms with Gasteiger partial charge >= 0.3 is 0 Å². The van der Waals surface area contributed by atoms with Crippen LogP contribution in [0.1, 0.15) is 17.7 Å². The van der Waals surface area contributed by atoms with E-state index < -0.39 is 0 Å². The van der Waals surface area contributed by atoms with Crippen molar-refractivity contribution in [2.75, 3.05) is 5.32 Å². The molecule has 1 aliphatic rings. The van der Waals surface area contributed by atoms with Gasteiger partial charge in [0.1, 0.15) is 11.3 Å². The number of para-hydroxylation sites is 1. The molecular formula is C20H18N2O3. The molecule has 3 aromatic rings. The highest BCUT2D eigenvalue weighted by molar-refractivity contribution is 6.03. The maximum absolute atomic E-state index is 11.6. The number of hydrogen-bond acceptors (Lipinski definition) is 4. The molecule has 1 aromatic heterocycles. The molecule has 0 aliphatic carbocycles. The van der Waals surface area contributed by atoms with Gasteiger partial charge in [0.05, 0.1) is 12.5 Å². The lowest BCUT2D eigenvalue weighted by atomic mass is 9.98. The van der Waals surface area contributed by atoms with Gasteiger partial charge in [-0.1, -0.05) is 30.3 Å². The van der Waals surface area contributed by atoms with Crippen LogP contribution >= 0.6 is 0 Å². The van der Waals surface area contributed by atoms with Crippen molar-refractivity contribution in [3.05, 3.63) is 65.9 Å². The Balaban J connectivity index is 1.37. The van der Waals surface area contributed by atoms with Crippen LogP contribution in [0.25, 0.3) is 11.0 Å². The maximum atomic E-state index is 11.6. The third-order valence-electron chi connectivity index (χ3n) is 4.44. The van der Waals surface area contributed by atoms with Gasteiger partial charge in [0.2, 0.25) is 11.8 Å². The van der Waals surface area contributed by atoms with Crippen LogP contribution in [-0.2, 0) is 22.6 Å². The first-order valence-electron chi connectivity index (χ1n) is 8.31. The van der Waals surface area contributed by atoms with Crippen LogP contribution in [0.5, 0.6) is 0 Å². The Kier molecular flexibility index (Phi) is 3.98. The predicted octanol–water partition coefficient (Wildman–Crippen LogP) is 3.25. The molecule has 1 saturated heterocycles. The number of nitrogens with one attached hydrogen (secondary N) is 2. The molecule has 2 heterocycles. The summed E-state index contributed by atoms with van der Waals surface area (Å²) in [7, 11) is 0. The third-order valence-corrected chi connectivity index (χ3v) is 4.44. The molecule has 4 rings (SSSR count). The van der Waals surface area contributed by atoms with E-state index >= 15 is 0 Å². The quantitative estimate of drug-likeness (QED) is 0.703. The first-order chi connectivity index (χ1) is 12.2. The summed E-state index contributed by atoms with van der Waals surface area (Å²) in [5.41, 5.74) is 2.92. The summed E-state index contributed by atoms with van der Waals surface area (Å²) in [6.07, 6.45) is 0.867. The summed E-state index contributed by atoms with van der Waals surface area (Å²) < 4.78 is 5.79. The third kappa shape index (κ3) is 3.40. The minimum atomic E-state index is -0.248. The number of furan rings is 1. The van der Waals surface area contributed by atoms with Gasteiger partial charge in [-0.05, 0) is 36.2 Å². The molecule has 0 spiro atoms. The highest BCUT2D eigenvalue weighted by Crippen LogP contribution is 2.21. The minimum Gasteiger partial charge on any atom is -0.459 e. The van der Waals surface area contributed by atoms with Crippen molar-refractivity contribution in [2.24, 2.45) is 5.92 Å². The number of carbonyl (C=O) groups is 2. The van der Waals surface area contributed by atoms with Gasteiger partial charge in [-0.25, -0.2) is 0 Å². The van der Waals surface area contributed by atoms with E-state index in [0.29, 0.717) is 13.0 Å². The monoisotopic (exact) mass is 334 g/mol. The SMILES string of the molecule is O=C1C[C@@H](Cc2ccc(NCc3cc4ccccc4o3)cc2)C(=O)N1. The van der Waals surface area contributed by atoms with Gasteiger partial charge in [0.25, 0.3) is 0 Å². The number of anilines is 1. The molecule has 1 aliphatic heterocycles. The first kappa shape index (κ1) is 15.4. The lowest BCUT2D eigenvalue weighted by molar-refractivity contribution is -0.125. The van der Waals surface area contributed by atoms with E-state index in [1.54, 1.807) is 0 Å². The average Bonchev–Trinajstić information content (AvgIpc) is 3.16. The molecule has 0 unspecified atom stereocenters. The number of imide groups is 1. The molecular weight excluding hydrogens is 316 g/mol. The molecule has 0 bridgehead atoms. The van der Waals surface area contributed by atoms with E-state index in [9.17, 15) is 9.59 Å². The highest BCUT2D eigenvalue weighted by Gasteiger charge is 2.30. The van der Waals surface area contributed by atoms with Crippen LogP contribution in [0.15, 0.2) is 59.0 Å². The molecule has 0 radical (unpaired) electrons. The zero-order valence-electron chi connectivity index (χ0n) is 13.6. The van der Waals surface area contributed by atoms with E-state index in [0.717, 1.165) is 28.0 Å². The van der Waals surface area contributed by atoms with Crippen molar-refractivity contribution in [3.8, 4) is 0 Å². The van der Waals surface area contributed by atoms with Crippen LogP contribution in [-0.4, -0.2) is 11.8 Å². The Labute approximate surface area is 145 Å². The standard InChI is InChI=1S/C20H18N2O3/c23-19-11-15(20(24)22-19)9-13-5-7-16(8-6-13)21-12-17-10-14-3-1-2-4-18(14)25-17/h1-8,10,15,21H,9,11-12H2,(H,22,23,24)/t15-/m1/s1. The topological polar surface area (TPSA) is 71.3 Å². The van der Waals surface area contributed by atoms with Crippen LogP contribution < -0.4 is 10.6 Å². The minimum absolute atomic E-state index is 0.169. The second-order valence-corrected chi connectivity index (χ2v) is 6.32. The summed E-state index contributed by atoms with van der Waals surface area (Å²) in [4.78, 5) is 22.9. The first-order valence-corrected chi connectivity index (χ1v) is 8.31. The Hall–Kier alpha value is -3.08. The van der Waals surface area contributed by atoms with Crippen molar-refractivity contribution >= 4 is 28.5 Å². The van der Waals surface area contributed by atoms with Gasteiger partial charge < -0.3 is 9.73 Å². The normalized spacial score (nSPS) is 17.0. The predicted molar refractivity (Wildman–Crippen MR) is 94.9 cm³/mol. The molecule has 5 heteroatoms. The number of fused-ring (bicyclic) bond motifs is 1. The summed E-state index contributed by atoms with van der Waals surface area (Å²) in [5.74, 6) is 0.282. The van der Waals surface area contributed by atoms with E-state index in [1.807, 2.05) is 54.6 Å². The largest absolute Gasteiger partial charge is 0.459 e. The Morgan fingerprint density at radius 3 is 2.60 bits per heavy atom. The van der Waals surface area contributed by atoms with E-state index in [1.165, 1.54) is 0 Å². The van der Waals surface area contributed by atoms with E-state index in [-0.39, 0.29) is 24.2 Å². The Bertz CT molecular complexity index is 895. The van der Waals surface area contributed by atoms with Crippen LogP contribution in [0.3, 0.4) is 0 Å². The highest BCUT2D eigenvalue weighted by atomic mass is 16.3. The van der Waals surface area contributed by atoms with E-state index in [2.05, 4.69) is 10.6 Å². The molecule has 2 aromatic carbocycles. The van der Waals surface area contributed by atoms with Crippen LogP contribution in [0.2, 0.25) is 0 Å². The van der Waals surface area contributed by atoms with Crippen molar-refractivity contribution in [1.29, 1.82) is 0 Å². The van der Waals surface area contributed by atoms with Gasteiger partial charge in [0.15, 0.2) is 0 Å². The lowest BCUT2D eigenvalue weighted by Crippen LogP contribution is -2.22. The van der Waals surface area contributed by atoms with Crippen molar-refractivity contribution in [3.63, 3.8) is 0 Å². The van der Waals surface area contributed by atoms with Gasteiger partial charge in [0, 0.05) is 17.5 Å².